The van der Waals surface area contributed by atoms with Gasteiger partial charge < -0.3 is 14.2 Å². The molecule has 19 heavy (non-hydrogen) atoms. The van der Waals surface area contributed by atoms with Gasteiger partial charge in [-0.15, -0.1) is 0 Å². The second-order valence-electron chi connectivity index (χ2n) is 4.12. The first-order valence-electron chi connectivity index (χ1n) is 5.91. The molecule has 0 bridgehead atoms. The van der Waals surface area contributed by atoms with E-state index in [4.69, 9.17) is 9.26 Å². The Balaban J connectivity index is 1.87. The fourth-order valence-corrected chi connectivity index (χ4v) is 2.04. The van der Waals surface area contributed by atoms with E-state index in [0.29, 0.717) is 31.1 Å². The SMILES string of the molecule is O=C(c1cccnc1)N1CCOCC1c1ncon1. The number of nitrogens with zero attached hydrogens (tertiary/aromatic N) is 4. The Hall–Kier alpha value is -2.28. The molecular weight excluding hydrogens is 248 g/mol. The first kappa shape index (κ1) is 11.8. The molecule has 1 aliphatic heterocycles. The molecule has 1 fully saturated rings. The van der Waals surface area contributed by atoms with Crippen molar-refractivity contribution in [2.24, 2.45) is 0 Å². The van der Waals surface area contributed by atoms with E-state index >= 15 is 0 Å². The quantitative estimate of drug-likeness (QED) is 0.789. The molecule has 7 heteroatoms. The number of aromatic nitrogens is 3. The van der Waals surface area contributed by atoms with Crippen molar-refractivity contribution < 1.29 is 14.1 Å². The first-order valence-corrected chi connectivity index (χ1v) is 5.91. The molecular formula is C12H12N4O3. The Morgan fingerprint density at radius 1 is 1.47 bits per heavy atom. The molecule has 0 spiro atoms. The fourth-order valence-electron chi connectivity index (χ4n) is 2.04. The molecule has 1 aliphatic rings. The van der Waals surface area contributed by atoms with Crippen LogP contribution in [0.1, 0.15) is 22.2 Å². The Morgan fingerprint density at radius 2 is 2.42 bits per heavy atom. The molecule has 3 rings (SSSR count). The second-order valence-corrected chi connectivity index (χ2v) is 4.12. The lowest BCUT2D eigenvalue weighted by atomic mass is 10.1. The lowest BCUT2D eigenvalue weighted by molar-refractivity contribution is -0.00579. The highest BCUT2D eigenvalue weighted by Crippen LogP contribution is 2.23. The number of carbonyl (C=O) groups excluding carboxylic acids is 1. The van der Waals surface area contributed by atoms with Gasteiger partial charge in [0, 0.05) is 18.9 Å². The van der Waals surface area contributed by atoms with Crippen LogP contribution in [0.25, 0.3) is 0 Å². The summed E-state index contributed by atoms with van der Waals surface area (Å²) in [6, 6.07) is 3.15. The second kappa shape index (κ2) is 5.15. The van der Waals surface area contributed by atoms with Crippen LogP contribution in [0.5, 0.6) is 0 Å². The summed E-state index contributed by atoms with van der Waals surface area (Å²) in [4.78, 5) is 22.1. The van der Waals surface area contributed by atoms with Crippen LogP contribution in [0.3, 0.4) is 0 Å². The van der Waals surface area contributed by atoms with E-state index in [1.807, 2.05) is 0 Å². The molecule has 7 nitrogen and oxygen atoms in total. The van der Waals surface area contributed by atoms with Crippen LogP contribution >= 0.6 is 0 Å². The van der Waals surface area contributed by atoms with Crippen molar-refractivity contribution in [2.45, 2.75) is 6.04 Å². The summed E-state index contributed by atoms with van der Waals surface area (Å²) >= 11 is 0. The highest BCUT2D eigenvalue weighted by atomic mass is 16.5. The van der Waals surface area contributed by atoms with Crippen LogP contribution in [0, 0.1) is 0 Å². The highest BCUT2D eigenvalue weighted by Gasteiger charge is 2.32. The maximum Gasteiger partial charge on any atom is 0.256 e. The molecule has 0 saturated carbocycles. The van der Waals surface area contributed by atoms with Gasteiger partial charge in [-0.25, -0.2) is 0 Å². The molecule has 1 atom stereocenters. The molecule has 0 aromatic carbocycles. The van der Waals surface area contributed by atoms with Crippen LogP contribution in [0.15, 0.2) is 35.4 Å². The summed E-state index contributed by atoms with van der Waals surface area (Å²) in [7, 11) is 0. The predicted molar refractivity (Wildman–Crippen MR) is 63.1 cm³/mol. The number of ether oxygens (including phenoxy) is 1. The van der Waals surface area contributed by atoms with Crippen LogP contribution in [0.4, 0.5) is 0 Å². The van der Waals surface area contributed by atoms with E-state index in [0.717, 1.165) is 0 Å². The summed E-state index contributed by atoms with van der Waals surface area (Å²) in [5, 5.41) is 3.79. The molecule has 2 aromatic rings. The normalized spacial score (nSPS) is 19.4. The van der Waals surface area contributed by atoms with Crippen LogP contribution in [-0.4, -0.2) is 45.7 Å². The van der Waals surface area contributed by atoms with Crippen molar-refractivity contribution in [1.29, 1.82) is 0 Å². The summed E-state index contributed by atoms with van der Waals surface area (Å²) < 4.78 is 10.1. The lowest BCUT2D eigenvalue weighted by Gasteiger charge is -2.33. The molecule has 1 saturated heterocycles. The number of rotatable bonds is 2. The molecule has 3 heterocycles. The van der Waals surface area contributed by atoms with Crippen molar-refractivity contribution >= 4 is 5.91 Å². The molecule has 0 N–H and O–H groups in total. The number of morpholine rings is 1. The third-order valence-electron chi connectivity index (χ3n) is 2.97. The van der Waals surface area contributed by atoms with E-state index in [9.17, 15) is 4.79 Å². The molecule has 0 radical (unpaired) electrons. The Morgan fingerprint density at radius 3 is 3.16 bits per heavy atom. The zero-order valence-electron chi connectivity index (χ0n) is 10.1. The molecule has 0 aliphatic carbocycles. The molecule has 1 unspecified atom stereocenters. The van der Waals surface area contributed by atoms with E-state index in [1.54, 1.807) is 29.4 Å². The molecule has 2 aromatic heterocycles. The Labute approximate surface area is 109 Å². The van der Waals surface area contributed by atoms with Crippen molar-refractivity contribution in [2.75, 3.05) is 19.8 Å². The van der Waals surface area contributed by atoms with Gasteiger partial charge in [0.15, 0.2) is 5.82 Å². The third-order valence-corrected chi connectivity index (χ3v) is 2.97. The number of amides is 1. The third kappa shape index (κ3) is 2.32. The van der Waals surface area contributed by atoms with Gasteiger partial charge >= 0.3 is 0 Å². The van der Waals surface area contributed by atoms with Gasteiger partial charge in [-0.3, -0.25) is 9.78 Å². The van der Waals surface area contributed by atoms with Crippen molar-refractivity contribution in [3.63, 3.8) is 0 Å². The predicted octanol–water partition coefficient (Wildman–Crippen LogP) is 0.678. The maximum absolute atomic E-state index is 12.4. The fraction of sp³-hybridized carbons (Fsp3) is 0.333. The summed E-state index contributed by atoms with van der Waals surface area (Å²) in [5.41, 5.74) is 0.540. The number of hydrogen-bond acceptors (Lipinski definition) is 6. The number of carbonyl (C=O) groups is 1. The largest absolute Gasteiger partial charge is 0.377 e. The van der Waals surface area contributed by atoms with Crippen molar-refractivity contribution in [1.82, 2.24) is 20.0 Å². The Kier molecular flexibility index (Phi) is 3.20. The summed E-state index contributed by atoms with van der Waals surface area (Å²) in [5.74, 6) is 0.350. The van der Waals surface area contributed by atoms with E-state index in [-0.39, 0.29) is 11.9 Å². The van der Waals surface area contributed by atoms with E-state index < -0.39 is 0 Å². The summed E-state index contributed by atoms with van der Waals surface area (Å²) in [6.45, 7) is 1.36. The van der Waals surface area contributed by atoms with Crippen LogP contribution in [-0.2, 0) is 4.74 Å². The first-order chi connectivity index (χ1) is 9.36. The maximum atomic E-state index is 12.4. The minimum absolute atomic E-state index is 0.105. The van der Waals surface area contributed by atoms with Gasteiger partial charge in [0.1, 0.15) is 6.04 Å². The van der Waals surface area contributed by atoms with Gasteiger partial charge in [0.2, 0.25) is 6.39 Å². The van der Waals surface area contributed by atoms with Crippen LogP contribution < -0.4 is 0 Å². The smallest absolute Gasteiger partial charge is 0.256 e. The van der Waals surface area contributed by atoms with Gasteiger partial charge in [-0.2, -0.15) is 4.98 Å². The average molecular weight is 260 g/mol. The van der Waals surface area contributed by atoms with E-state index in [2.05, 4.69) is 15.1 Å². The van der Waals surface area contributed by atoms with Crippen LogP contribution in [0.2, 0.25) is 0 Å². The lowest BCUT2D eigenvalue weighted by Crippen LogP contribution is -2.43. The van der Waals surface area contributed by atoms with Gasteiger partial charge in [0.05, 0.1) is 18.8 Å². The zero-order chi connectivity index (χ0) is 13.1. The van der Waals surface area contributed by atoms with Crippen molar-refractivity contribution in [3.05, 3.63) is 42.3 Å². The van der Waals surface area contributed by atoms with E-state index in [1.165, 1.54) is 6.39 Å². The zero-order valence-corrected chi connectivity index (χ0v) is 10.1. The minimum Gasteiger partial charge on any atom is -0.377 e. The van der Waals surface area contributed by atoms with Gasteiger partial charge in [-0.05, 0) is 12.1 Å². The van der Waals surface area contributed by atoms with Crippen molar-refractivity contribution in [3.8, 4) is 0 Å². The minimum atomic E-state index is -0.319. The highest BCUT2D eigenvalue weighted by molar-refractivity contribution is 5.94. The number of hydrogen-bond donors (Lipinski definition) is 0. The monoisotopic (exact) mass is 260 g/mol. The standard InChI is InChI=1S/C12H12N4O3/c17-12(9-2-1-3-13-6-9)16-4-5-18-7-10(16)11-14-8-19-15-11/h1-3,6,8,10H,4-5,7H2. The summed E-state index contributed by atoms with van der Waals surface area (Å²) in [6.07, 6.45) is 4.43. The molecule has 98 valence electrons. The van der Waals surface area contributed by atoms with Gasteiger partial charge in [-0.1, -0.05) is 5.16 Å². The number of pyridine rings is 1. The molecule has 1 amide bonds. The average Bonchev–Trinajstić information content (AvgIpc) is 3.01. The Bertz CT molecular complexity index is 543. The van der Waals surface area contributed by atoms with Gasteiger partial charge in [0.25, 0.3) is 5.91 Å². The topological polar surface area (TPSA) is 81.4 Å².